The van der Waals surface area contributed by atoms with Crippen LogP contribution in [0.1, 0.15) is 0 Å². The minimum Gasteiger partial charge on any atom is -0.474 e. The second-order valence-electron chi connectivity index (χ2n) is 0.671. The quantitative estimate of drug-likeness (QED) is 0.264. The first-order chi connectivity index (χ1) is 2.50. The molecular weight excluding hydrogens is 158 g/mol. The van der Waals surface area contributed by atoms with Gasteiger partial charge in [-0.1, -0.05) is 0 Å². The molecule has 0 amide bonds. The molecule has 0 N–H and O–H groups in total. The summed E-state index contributed by atoms with van der Waals surface area (Å²) in [5.41, 5.74) is 0. The largest absolute Gasteiger partial charge is 1.00 e. The molecule has 0 fully saturated rings. The molecule has 26 valence electrons. The molecule has 1 aromatic heterocycles. The fourth-order valence-corrected chi connectivity index (χ4v) is 0.510. The zero-order valence-electron chi connectivity index (χ0n) is 4.56. The normalized spacial score (nSPS) is 5.71. The molecule has 1 heterocycles. The summed E-state index contributed by atoms with van der Waals surface area (Å²) in [4.78, 5) is 0. The Morgan fingerprint density at radius 1 is 1.00 bits per heavy atom. The molecule has 0 aliphatic carbocycles. The average molecular weight is 160 g/mol. The Labute approximate surface area is 133 Å². The maximum absolute atomic E-state index is 2.85. The van der Waals surface area contributed by atoms with Crippen LogP contribution >= 0.6 is 11.3 Å². The molecule has 0 bridgehead atoms. The monoisotopic (exact) mass is 160 g/mol. The van der Waals surface area contributed by atoms with Crippen LogP contribution in [0.3, 0.4) is 0 Å². The van der Waals surface area contributed by atoms with Gasteiger partial charge in [-0.2, -0.15) is 0 Å². The van der Waals surface area contributed by atoms with Crippen LogP contribution in [0, 0.1) is 10.8 Å². The second-order valence-corrected chi connectivity index (χ2v) is 1.35. The minimum absolute atomic E-state index is 0. The van der Waals surface area contributed by atoms with Crippen LogP contribution in [0.25, 0.3) is 0 Å². The molecule has 0 saturated heterocycles. The van der Waals surface area contributed by atoms with E-state index in [1.807, 2.05) is 12.1 Å². The molecule has 0 unspecified atom stereocenters. The Kier molecular flexibility index (Phi) is 16.2. The Bertz CT molecular complexity index is 66.2. The van der Waals surface area contributed by atoms with E-state index in [1.54, 1.807) is 0 Å². The maximum Gasteiger partial charge on any atom is 1.00 e. The van der Waals surface area contributed by atoms with Crippen LogP contribution in [-0.2, 0) is 0 Å². The van der Waals surface area contributed by atoms with Crippen LogP contribution < -0.4 is 103 Å². The standard InChI is InChI=1S/C4H2S.2K/c1-2-4-5-3-1;;/h1-2H;;/q-2;2*+1. The van der Waals surface area contributed by atoms with Gasteiger partial charge in [0.1, 0.15) is 0 Å². The summed E-state index contributed by atoms with van der Waals surface area (Å²) >= 11 is 1.46. The molecule has 3 heteroatoms. The van der Waals surface area contributed by atoms with E-state index in [9.17, 15) is 0 Å². The molecule has 0 spiro atoms. The Balaban J connectivity index is 0. The summed E-state index contributed by atoms with van der Waals surface area (Å²) in [5.74, 6) is 0. The van der Waals surface area contributed by atoms with E-state index in [1.165, 1.54) is 11.3 Å². The van der Waals surface area contributed by atoms with Gasteiger partial charge in [-0.25, -0.2) is 0 Å². The Morgan fingerprint density at radius 2 is 1.43 bits per heavy atom. The van der Waals surface area contributed by atoms with Crippen molar-refractivity contribution >= 4 is 11.3 Å². The SMILES string of the molecule is [K+].[K+].[c-]1cc[c-]s1. The Hall–Kier alpha value is 2.97. The van der Waals surface area contributed by atoms with Gasteiger partial charge >= 0.3 is 103 Å². The van der Waals surface area contributed by atoms with Crippen LogP contribution in [-0.4, -0.2) is 0 Å². The van der Waals surface area contributed by atoms with Crippen molar-refractivity contribution in [3.63, 3.8) is 0 Å². The van der Waals surface area contributed by atoms with E-state index in [0.717, 1.165) is 0 Å². The van der Waals surface area contributed by atoms with Gasteiger partial charge in [-0.15, -0.1) is 0 Å². The molecule has 0 radical (unpaired) electrons. The third kappa shape index (κ3) is 6.86. The van der Waals surface area contributed by atoms with Gasteiger partial charge in [0.25, 0.3) is 0 Å². The van der Waals surface area contributed by atoms with Gasteiger partial charge in [0.15, 0.2) is 0 Å². The second kappa shape index (κ2) is 8.97. The summed E-state index contributed by atoms with van der Waals surface area (Å²) in [6, 6.07) is 3.68. The van der Waals surface area contributed by atoms with Gasteiger partial charge < -0.3 is 34.2 Å². The van der Waals surface area contributed by atoms with Crippen molar-refractivity contribution in [1.29, 1.82) is 0 Å². The van der Waals surface area contributed by atoms with Gasteiger partial charge in [0.05, 0.1) is 0 Å². The topological polar surface area (TPSA) is 0 Å². The van der Waals surface area contributed by atoms with E-state index in [4.69, 9.17) is 0 Å². The Morgan fingerprint density at radius 3 is 1.57 bits per heavy atom. The van der Waals surface area contributed by atoms with Gasteiger partial charge in [0, 0.05) is 0 Å². The van der Waals surface area contributed by atoms with Crippen molar-refractivity contribution in [1.82, 2.24) is 0 Å². The number of hydrogen-bond acceptors (Lipinski definition) is 1. The van der Waals surface area contributed by atoms with Crippen molar-refractivity contribution in [2.45, 2.75) is 0 Å². The molecule has 0 aromatic carbocycles. The van der Waals surface area contributed by atoms with Crippen molar-refractivity contribution < 1.29 is 103 Å². The van der Waals surface area contributed by atoms with Crippen molar-refractivity contribution in [2.75, 3.05) is 0 Å². The van der Waals surface area contributed by atoms with Crippen LogP contribution in [0.15, 0.2) is 12.1 Å². The van der Waals surface area contributed by atoms with E-state index in [-0.39, 0.29) is 103 Å². The van der Waals surface area contributed by atoms with Crippen LogP contribution in [0.4, 0.5) is 0 Å². The first kappa shape index (κ1) is 12.6. The molecule has 0 atom stereocenters. The molecule has 1 rings (SSSR count). The molecule has 0 aliphatic heterocycles. The smallest absolute Gasteiger partial charge is 0.474 e. The average Bonchev–Trinajstić information content (AvgIpc) is 1.76. The fraction of sp³-hybridized carbons (Fsp3) is 0. The molecule has 0 nitrogen and oxygen atoms in total. The molecule has 7 heavy (non-hydrogen) atoms. The molecule has 0 saturated carbocycles. The molecule has 1 aromatic rings. The van der Waals surface area contributed by atoms with Crippen molar-refractivity contribution in [3.05, 3.63) is 22.9 Å². The van der Waals surface area contributed by atoms with Crippen LogP contribution in [0.2, 0.25) is 0 Å². The van der Waals surface area contributed by atoms with E-state index >= 15 is 0 Å². The summed E-state index contributed by atoms with van der Waals surface area (Å²) in [6.45, 7) is 0. The molecular formula is C4H2K2S. The first-order valence-corrected chi connectivity index (χ1v) is 2.14. The van der Waals surface area contributed by atoms with Crippen molar-refractivity contribution in [3.8, 4) is 0 Å². The summed E-state index contributed by atoms with van der Waals surface area (Å²) in [7, 11) is 0. The fourth-order valence-electron chi connectivity index (χ4n) is 0.170. The zero-order valence-corrected chi connectivity index (χ0v) is 11.6. The van der Waals surface area contributed by atoms with E-state index in [0.29, 0.717) is 0 Å². The summed E-state index contributed by atoms with van der Waals surface area (Å²) in [6.07, 6.45) is 0. The van der Waals surface area contributed by atoms with Gasteiger partial charge in [0.2, 0.25) is 0 Å². The van der Waals surface area contributed by atoms with E-state index in [2.05, 4.69) is 10.8 Å². The number of hydrogen-bond donors (Lipinski definition) is 0. The van der Waals surface area contributed by atoms with Gasteiger partial charge in [-0.3, -0.25) is 0 Å². The summed E-state index contributed by atoms with van der Waals surface area (Å²) < 4.78 is 0. The number of rotatable bonds is 0. The first-order valence-electron chi connectivity index (χ1n) is 1.32. The maximum atomic E-state index is 2.85. The third-order valence-corrected chi connectivity index (χ3v) is 0.845. The van der Waals surface area contributed by atoms with Crippen LogP contribution in [0.5, 0.6) is 0 Å². The predicted octanol–water partition coefficient (Wildman–Crippen LogP) is -4.64. The number of thiophene rings is 1. The zero-order chi connectivity index (χ0) is 3.54. The van der Waals surface area contributed by atoms with E-state index < -0.39 is 0 Å². The summed E-state index contributed by atoms with van der Waals surface area (Å²) in [5, 5.41) is 5.69. The van der Waals surface area contributed by atoms with Crippen molar-refractivity contribution in [2.24, 2.45) is 0 Å². The third-order valence-electron chi connectivity index (χ3n) is 0.337. The minimum atomic E-state index is 0. The molecule has 0 aliphatic rings. The van der Waals surface area contributed by atoms with Gasteiger partial charge in [-0.05, 0) is 0 Å². The predicted molar refractivity (Wildman–Crippen MR) is 22.0 cm³/mol.